The summed E-state index contributed by atoms with van der Waals surface area (Å²) in [5, 5.41) is 0. The molecule has 0 aromatic heterocycles. The smallest absolute Gasteiger partial charge is 0.246 e. The number of carbonyl (C=O) groups is 1. The normalized spacial score (nSPS) is 21.9. The van der Waals surface area contributed by atoms with Crippen LogP contribution in [0.25, 0.3) is 6.08 Å². The molecule has 0 saturated carbocycles. The first kappa shape index (κ1) is 14.8. The summed E-state index contributed by atoms with van der Waals surface area (Å²) in [4.78, 5) is 14.1. The van der Waals surface area contributed by atoms with E-state index >= 15 is 0 Å². The van der Waals surface area contributed by atoms with Crippen LogP contribution in [0.4, 0.5) is 0 Å². The van der Waals surface area contributed by atoms with Crippen molar-refractivity contribution in [1.82, 2.24) is 4.90 Å². The molecule has 3 heteroatoms. The third-order valence-electron chi connectivity index (χ3n) is 3.78. The minimum atomic E-state index is -0.138. The Bertz CT molecular complexity index is 479. The zero-order chi connectivity index (χ0) is 14.6. The Morgan fingerprint density at radius 2 is 2.05 bits per heavy atom. The summed E-state index contributed by atoms with van der Waals surface area (Å²) in [5.41, 5.74) is 0.905. The minimum absolute atomic E-state index is 0.0524. The van der Waals surface area contributed by atoms with Crippen LogP contribution in [0.1, 0.15) is 32.3 Å². The van der Waals surface area contributed by atoms with E-state index in [2.05, 4.69) is 13.8 Å². The second-order valence-electron chi connectivity index (χ2n) is 5.95. The Kier molecular flexibility index (Phi) is 4.61. The first-order valence-corrected chi connectivity index (χ1v) is 7.12. The lowest BCUT2D eigenvalue weighted by molar-refractivity contribution is -0.132. The van der Waals surface area contributed by atoms with Crippen molar-refractivity contribution < 1.29 is 9.53 Å². The molecule has 0 aliphatic carbocycles. The molecule has 0 spiro atoms. The van der Waals surface area contributed by atoms with Crippen LogP contribution in [0.3, 0.4) is 0 Å². The van der Waals surface area contributed by atoms with Crippen LogP contribution in [0.2, 0.25) is 0 Å². The summed E-state index contributed by atoms with van der Waals surface area (Å²) in [6, 6.07) is 10.1. The third-order valence-corrected chi connectivity index (χ3v) is 3.78. The van der Waals surface area contributed by atoms with Crippen LogP contribution in [-0.4, -0.2) is 36.1 Å². The average Bonchev–Trinajstić information content (AvgIpc) is 2.44. The zero-order valence-electron chi connectivity index (χ0n) is 12.5. The van der Waals surface area contributed by atoms with Gasteiger partial charge in [0.15, 0.2) is 0 Å². The molecule has 1 aliphatic rings. The van der Waals surface area contributed by atoms with E-state index < -0.39 is 0 Å². The van der Waals surface area contributed by atoms with Gasteiger partial charge in [-0.2, -0.15) is 0 Å². The van der Waals surface area contributed by atoms with E-state index in [4.69, 9.17) is 4.74 Å². The molecule has 1 aromatic carbocycles. The molecule has 1 amide bonds. The molecule has 2 rings (SSSR count). The second kappa shape index (κ2) is 6.23. The first-order valence-electron chi connectivity index (χ1n) is 7.12. The number of amides is 1. The molecule has 108 valence electrons. The van der Waals surface area contributed by atoms with Crippen molar-refractivity contribution in [1.29, 1.82) is 0 Å². The lowest BCUT2D eigenvalue weighted by Crippen LogP contribution is -2.46. The molecule has 0 bridgehead atoms. The monoisotopic (exact) mass is 273 g/mol. The van der Waals surface area contributed by atoms with E-state index in [1.54, 1.807) is 6.08 Å². The molecular weight excluding hydrogens is 250 g/mol. The molecule has 1 atom stereocenters. The molecule has 0 N–H and O–H groups in total. The van der Waals surface area contributed by atoms with Gasteiger partial charge in [0, 0.05) is 25.8 Å². The molecule has 20 heavy (non-hydrogen) atoms. The number of carbonyl (C=O) groups excluding carboxylic acids is 1. The van der Waals surface area contributed by atoms with Crippen molar-refractivity contribution in [2.45, 2.75) is 38.3 Å². The number of hydrogen-bond donors (Lipinski definition) is 0. The maximum Gasteiger partial charge on any atom is 0.246 e. The lowest BCUT2D eigenvalue weighted by atomic mass is 9.93. The quantitative estimate of drug-likeness (QED) is 0.792. The Labute approximate surface area is 121 Å². The largest absolute Gasteiger partial charge is 0.375 e. The van der Waals surface area contributed by atoms with Crippen LogP contribution in [0, 0.1) is 0 Å². The maximum atomic E-state index is 12.2. The molecule has 1 aliphatic heterocycles. The minimum Gasteiger partial charge on any atom is -0.375 e. The molecule has 1 fully saturated rings. The van der Waals surface area contributed by atoms with Crippen molar-refractivity contribution in [3.63, 3.8) is 0 Å². The SMILES string of the molecule is CN(C(=O)/C=C/c1ccccc1)[C@H]1CCOC(C)(C)C1. The van der Waals surface area contributed by atoms with Gasteiger partial charge >= 0.3 is 0 Å². The van der Waals surface area contributed by atoms with E-state index in [1.807, 2.05) is 48.4 Å². The first-order chi connectivity index (χ1) is 9.48. The fourth-order valence-electron chi connectivity index (χ4n) is 2.56. The van der Waals surface area contributed by atoms with Crippen molar-refractivity contribution in [3.8, 4) is 0 Å². The van der Waals surface area contributed by atoms with Gasteiger partial charge in [-0.1, -0.05) is 30.3 Å². The summed E-state index contributed by atoms with van der Waals surface area (Å²) in [7, 11) is 1.88. The van der Waals surface area contributed by atoms with Gasteiger partial charge in [0.25, 0.3) is 0 Å². The molecular formula is C17H23NO2. The molecule has 0 unspecified atom stereocenters. The summed E-state index contributed by atoms with van der Waals surface area (Å²) in [5.74, 6) is 0.0524. The van der Waals surface area contributed by atoms with Gasteiger partial charge in [-0.05, 0) is 38.3 Å². The number of ether oxygens (including phenoxy) is 1. The molecule has 1 heterocycles. The van der Waals surface area contributed by atoms with Gasteiger partial charge in [0.2, 0.25) is 5.91 Å². The number of likely N-dealkylation sites (N-methyl/N-ethyl adjacent to an activating group) is 1. The third kappa shape index (κ3) is 3.94. The van der Waals surface area contributed by atoms with Gasteiger partial charge in [0.05, 0.1) is 5.60 Å². The molecule has 1 aromatic rings. The van der Waals surface area contributed by atoms with Crippen molar-refractivity contribution in [2.24, 2.45) is 0 Å². The number of rotatable bonds is 3. The number of hydrogen-bond acceptors (Lipinski definition) is 2. The molecule has 1 saturated heterocycles. The van der Waals surface area contributed by atoms with Crippen LogP contribution < -0.4 is 0 Å². The van der Waals surface area contributed by atoms with E-state index in [1.165, 1.54) is 0 Å². The second-order valence-corrected chi connectivity index (χ2v) is 5.95. The fraction of sp³-hybridized carbons (Fsp3) is 0.471. The van der Waals surface area contributed by atoms with E-state index in [0.717, 1.165) is 25.0 Å². The van der Waals surface area contributed by atoms with Crippen molar-refractivity contribution >= 4 is 12.0 Å². The average molecular weight is 273 g/mol. The summed E-state index contributed by atoms with van der Waals surface area (Å²) in [6.07, 6.45) is 5.31. The van der Waals surface area contributed by atoms with Crippen LogP contribution in [0.5, 0.6) is 0 Å². The highest BCUT2D eigenvalue weighted by atomic mass is 16.5. The van der Waals surface area contributed by atoms with Crippen molar-refractivity contribution in [3.05, 3.63) is 42.0 Å². The standard InChI is InChI=1S/C17H23NO2/c1-17(2)13-15(11-12-20-17)18(3)16(19)10-9-14-7-5-4-6-8-14/h4-10,15H,11-13H2,1-3H3/b10-9+/t15-/m0/s1. The predicted octanol–water partition coefficient (Wildman–Crippen LogP) is 3.12. The predicted molar refractivity (Wildman–Crippen MR) is 81.3 cm³/mol. The Morgan fingerprint density at radius 1 is 1.35 bits per heavy atom. The molecule has 3 nitrogen and oxygen atoms in total. The van der Waals surface area contributed by atoms with E-state index in [0.29, 0.717) is 0 Å². The van der Waals surface area contributed by atoms with E-state index in [-0.39, 0.29) is 17.6 Å². The Hall–Kier alpha value is -1.61. The highest BCUT2D eigenvalue weighted by Gasteiger charge is 2.32. The summed E-state index contributed by atoms with van der Waals surface area (Å²) < 4.78 is 5.70. The van der Waals surface area contributed by atoms with Crippen LogP contribution >= 0.6 is 0 Å². The van der Waals surface area contributed by atoms with E-state index in [9.17, 15) is 4.79 Å². The number of nitrogens with zero attached hydrogens (tertiary/aromatic N) is 1. The van der Waals surface area contributed by atoms with Gasteiger partial charge < -0.3 is 9.64 Å². The highest BCUT2D eigenvalue weighted by Crippen LogP contribution is 2.26. The Balaban J connectivity index is 1.97. The highest BCUT2D eigenvalue weighted by molar-refractivity contribution is 5.91. The lowest BCUT2D eigenvalue weighted by Gasteiger charge is -2.39. The maximum absolute atomic E-state index is 12.2. The number of benzene rings is 1. The Morgan fingerprint density at radius 3 is 2.70 bits per heavy atom. The molecule has 0 radical (unpaired) electrons. The summed E-state index contributed by atoms with van der Waals surface area (Å²) >= 11 is 0. The van der Waals surface area contributed by atoms with Gasteiger partial charge in [-0.15, -0.1) is 0 Å². The van der Waals surface area contributed by atoms with Crippen LogP contribution in [0.15, 0.2) is 36.4 Å². The van der Waals surface area contributed by atoms with Gasteiger partial charge in [-0.3, -0.25) is 4.79 Å². The van der Waals surface area contributed by atoms with Crippen LogP contribution in [-0.2, 0) is 9.53 Å². The fourth-order valence-corrected chi connectivity index (χ4v) is 2.56. The zero-order valence-corrected chi connectivity index (χ0v) is 12.5. The summed E-state index contributed by atoms with van der Waals surface area (Å²) in [6.45, 7) is 4.88. The van der Waals surface area contributed by atoms with Crippen molar-refractivity contribution in [2.75, 3.05) is 13.7 Å². The van der Waals surface area contributed by atoms with Gasteiger partial charge in [0.1, 0.15) is 0 Å². The van der Waals surface area contributed by atoms with Gasteiger partial charge in [-0.25, -0.2) is 0 Å². The topological polar surface area (TPSA) is 29.5 Å².